The van der Waals surface area contributed by atoms with E-state index >= 15 is 0 Å². The van der Waals surface area contributed by atoms with Gasteiger partial charge in [0.05, 0.1) is 11.9 Å². The normalized spacial score (nSPS) is 11.1. The van der Waals surface area contributed by atoms with Crippen LogP contribution in [0, 0.1) is 6.92 Å². The van der Waals surface area contributed by atoms with Gasteiger partial charge in [-0.1, -0.05) is 17.7 Å². The number of rotatable bonds is 4. The highest BCUT2D eigenvalue weighted by atomic mass is 35.5. The molecule has 0 heterocycles. The number of sulfonamides is 1. The number of amides is 1. The second kappa shape index (κ2) is 6.60. The van der Waals surface area contributed by atoms with Crippen LogP contribution in [0.25, 0.3) is 0 Å². The molecule has 0 bridgehead atoms. The lowest BCUT2D eigenvalue weighted by Crippen LogP contribution is -2.26. The summed E-state index contributed by atoms with van der Waals surface area (Å²) in [7, 11) is -1.94. The molecule has 0 saturated heterocycles. The van der Waals surface area contributed by atoms with Crippen molar-refractivity contribution in [3.8, 4) is 0 Å². The fraction of sp³-hybridized carbons (Fsp3) is 0.188. The van der Waals surface area contributed by atoms with Gasteiger partial charge in [-0.25, -0.2) is 8.42 Å². The van der Waals surface area contributed by atoms with Crippen LogP contribution in [-0.4, -0.2) is 27.6 Å². The van der Waals surface area contributed by atoms with Crippen molar-refractivity contribution in [3.63, 3.8) is 0 Å². The van der Waals surface area contributed by atoms with Gasteiger partial charge in [0.2, 0.25) is 10.0 Å². The van der Waals surface area contributed by atoms with Gasteiger partial charge < -0.3 is 5.32 Å². The van der Waals surface area contributed by atoms with Crippen molar-refractivity contribution in [3.05, 3.63) is 58.6 Å². The van der Waals surface area contributed by atoms with Crippen LogP contribution in [0.3, 0.4) is 0 Å². The molecular formula is C16H17ClN2O3S. The fourth-order valence-corrected chi connectivity index (χ4v) is 2.80. The number of benzene rings is 2. The minimum atomic E-state index is -3.40. The molecule has 0 atom stereocenters. The van der Waals surface area contributed by atoms with Crippen LogP contribution in [0.1, 0.15) is 15.9 Å². The molecule has 0 aliphatic carbocycles. The molecule has 2 rings (SSSR count). The maximum absolute atomic E-state index is 12.4. The number of halogens is 1. The molecule has 1 amide bonds. The van der Waals surface area contributed by atoms with E-state index in [1.54, 1.807) is 49.4 Å². The van der Waals surface area contributed by atoms with Crippen molar-refractivity contribution in [2.24, 2.45) is 0 Å². The first kappa shape index (κ1) is 17.3. The Labute approximate surface area is 140 Å². The van der Waals surface area contributed by atoms with Crippen LogP contribution in [-0.2, 0) is 10.0 Å². The van der Waals surface area contributed by atoms with Crippen LogP contribution in [0.15, 0.2) is 42.5 Å². The SMILES string of the molecule is Cc1c(C(=O)Nc2ccc(Cl)cc2)cccc1N(C)S(C)(=O)=O. The Morgan fingerprint density at radius 1 is 1.13 bits per heavy atom. The highest BCUT2D eigenvalue weighted by Crippen LogP contribution is 2.25. The topological polar surface area (TPSA) is 66.5 Å². The van der Waals surface area contributed by atoms with Crippen molar-refractivity contribution in [1.29, 1.82) is 0 Å². The lowest BCUT2D eigenvalue weighted by atomic mass is 10.1. The van der Waals surface area contributed by atoms with Gasteiger partial charge in [-0.05, 0) is 48.9 Å². The molecule has 5 nitrogen and oxygen atoms in total. The first-order valence-electron chi connectivity index (χ1n) is 6.80. The van der Waals surface area contributed by atoms with E-state index in [-0.39, 0.29) is 5.91 Å². The maximum atomic E-state index is 12.4. The molecule has 0 fully saturated rings. The molecule has 23 heavy (non-hydrogen) atoms. The minimum absolute atomic E-state index is 0.312. The van der Waals surface area contributed by atoms with Gasteiger partial charge in [-0.15, -0.1) is 0 Å². The lowest BCUT2D eigenvalue weighted by Gasteiger charge is -2.20. The number of anilines is 2. The van der Waals surface area contributed by atoms with Gasteiger partial charge >= 0.3 is 0 Å². The maximum Gasteiger partial charge on any atom is 0.256 e. The van der Waals surface area contributed by atoms with Crippen molar-refractivity contribution >= 4 is 38.9 Å². The summed E-state index contributed by atoms with van der Waals surface area (Å²) in [5.74, 6) is -0.312. The quantitative estimate of drug-likeness (QED) is 0.918. The van der Waals surface area contributed by atoms with Crippen LogP contribution < -0.4 is 9.62 Å². The standard InChI is InChI=1S/C16H17ClN2O3S/c1-11-14(5-4-6-15(11)19(2)23(3,21)22)16(20)18-13-9-7-12(17)8-10-13/h4-10H,1-3H3,(H,18,20). The third kappa shape index (κ3) is 4.03. The van der Waals surface area contributed by atoms with E-state index in [2.05, 4.69) is 5.32 Å². The highest BCUT2D eigenvalue weighted by Gasteiger charge is 2.18. The molecule has 2 aromatic rings. The predicted molar refractivity (Wildman–Crippen MR) is 93.8 cm³/mol. The molecule has 0 aromatic heterocycles. The predicted octanol–water partition coefficient (Wildman–Crippen LogP) is 3.30. The third-order valence-electron chi connectivity index (χ3n) is 3.49. The zero-order valence-corrected chi connectivity index (χ0v) is 14.6. The van der Waals surface area contributed by atoms with Crippen LogP contribution >= 0.6 is 11.6 Å². The third-order valence-corrected chi connectivity index (χ3v) is 4.93. The molecule has 0 aliphatic rings. The second-order valence-corrected chi connectivity index (χ2v) is 7.59. The Morgan fingerprint density at radius 2 is 1.74 bits per heavy atom. The Morgan fingerprint density at radius 3 is 2.30 bits per heavy atom. The van der Waals surface area contributed by atoms with Crippen molar-refractivity contribution in [2.75, 3.05) is 22.9 Å². The van der Waals surface area contributed by atoms with Crippen LogP contribution in [0.5, 0.6) is 0 Å². The molecule has 0 aliphatic heterocycles. The van der Waals surface area contributed by atoms with Crippen LogP contribution in [0.2, 0.25) is 5.02 Å². The Balaban J connectivity index is 2.33. The first-order chi connectivity index (χ1) is 10.7. The molecule has 122 valence electrons. The van der Waals surface area contributed by atoms with Gasteiger partial charge in [0, 0.05) is 23.3 Å². The summed E-state index contributed by atoms with van der Waals surface area (Å²) in [6.45, 7) is 1.72. The zero-order valence-electron chi connectivity index (χ0n) is 13.0. The summed E-state index contributed by atoms with van der Waals surface area (Å²) in [5.41, 5.74) is 2.08. The molecule has 0 saturated carbocycles. The number of nitrogens with one attached hydrogen (secondary N) is 1. The molecule has 0 radical (unpaired) electrons. The van der Waals surface area contributed by atoms with Gasteiger partial charge in [0.1, 0.15) is 0 Å². The zero-order chi connectivity index (χ0) is 17.2. The molecule has 7 heteroatoms. The number of carbonyl (C=O) groups is 1. The molecule has 2 aromatic carbocycles. The van der Waals surface area contributed by atoms with E-state index in [1.807, 2.05) is 0 Å². The second-order valence-electron chi connectivity index (χ2n) is 5.14. The molecule has 0 spiro atoms. The summed E-state index contributed by atoms with van der Waals surface area (Å²) in [6, 6.07) is 11.7. The average Bonchev–Trinajstić information content (AvgIpc) is 2.48. The first-order valence-corrected chi connectivity index (χ1v) is 9.03. The van der Waals surface area contributed by atoms with E-state index in [9.17, 15) is 13.2 Å². The van der Waals surface area contributed by atoms with E-state index in [0.29, 0.717) is 27.5 Å². The number of nitrogens with zero attached hydrogens (tertiary/aromatic N) is 1. The van der Waals surface area contributed by atoms with Gasteiger partial charge in [0.15, 0.2) is 0 Å². The summed E-state index contributed by atoms with van der Waals surface area (Å²) in [6.07, 6.45) is 1.12. The number of carbonyl (C=O) groups excluding carboxylic acids is 1. The Hall–Kier alpha value is -2.05. The number of hydrogen-bond donors (Lipinski definition) is 1. The van der Waals surface area contributed by atoms with Crippen molar-refractivity contribution in [1.82, 2.24) is 0 Å². The summed E-state index contributed by atoms with van der Waals surface area (Å²) >= 11 is 5.81. The smallest absolute Gasteiger partial charge is 0.256 e. The summed E-state index contributed by atoms with van der Waals surface area (Å²) in [5, 5.41) is 3.35. The van der Waals surface area contributed by atoms with Crippen molar-refractivity contribution in [2.45, 2.75) is 6.92 Å². The molecular weight excluding hydrogens is 336 g/mol. The van der Waals surface area contributed by atoms with E-state index in [0.717, 1.165) is 10.6 Å². The number of hydrogen-bond acceptors (Lipinski definition) is 3. The summed E-state index contributed by atoms with van der Waals surface area (Å²) < 4.78 is 24.6. The van der Waals surface area contributed by atoms with E-state index in [1.165, 1.54) is 7.05 Å². The van der Waals surface area contributed by atoms with Crippen molar-refractivity contribution < 1.29 is 13.2 Å². The van der Waals surface area contributed by atoms with Gasteiger partial charge in [-0.2, -0.15) is 0 Å². The molecule has 1 N–H and O–H groups in total. The minimum Gasteiger partial charge on any atom is -0.322 e. The van der Waals surface area contributed by atoms with E-state index < -0.39 is 10.0 Å². The lowest BCUT2D eigenvalue weighted by molar-refractivity contribution is 0.102. The summed E-state index contributed by atoms with van der Waals surface area (Å²) in [4.78, 5) is 12.4. The largest absolute Gasteiger partial charge is 0.322 e. The van der Waals surface area contributed by atoms with Gasteiger partial charge in [0.25, 0.3) is 5.91 Å². The highest BCUT2D eigenvalue weighted by molar-refractivity contribution is 7.92. The monoisotopic (exact) mass is 352 g/mol. The van der Waals surface area contributed by atoms with E-state index in [4.69, 9.17) is 11.6 Å². The molecule has 0 unspecified atom stereocenters. The van der Waals surface area contributed by atoms with Gasteiger partial charge in [-0.3, -0.25) is 9.10 Å². The average molecular weight is 353 g/mol. The van der Waals surface area contributed by atoms with Crippen LogP contribution in [0.4, 0.5) is 11.4 Å². The fourth-order valence-electron chi connectivity index (χ4n) is 2.12. The Kier molecular flexibility index (Phi) is 4.97. The Bertz CT molecular complexity index is 833.